The standard InChI is InChI=1S/C16H15FN2O5S/c1-25(21,22)19(13-4-2-3-11(17)7-13)9-16(20)18-12-5-6-14-15(8-12)24-10-23-14/h2-8H,9-10H2,1H3,(H,18,20). The zero-order valence-corrected chi connectivity index (χ0v) is 14.0. The number of anilines is 2. The van der Waals surface area contributed by atoms with Crippen molar-refractivity contribution in [2.45, 2.75) is 0 Å². The molecule has 3 rings (SSSR count). The molecular weight excluding hydrogens is 351 g/mol. The van der Waals surface area contributed by atoms with E-state index in [0.29, 0.717) is 17.2 Å². The molecule has 1 aliphatic rings. The third kappa shape index (κ3) is 4.00. The van der Waals surface area contributed by atoms with Gasteiger partial charge in [-0.05, 0) is 30.3 Å². The number of hydrogen-bond acceptors (Lipinski definition) is 5. The van der Waals surface area contributed by atoms with Gasteiger partial charge in [-0.2, -0.15) is 0 Å². The van der Waals surface area contributed by atoms with Crippen molar-refractivity contribution in [3.63, 3.8) is 0 Å². The minimum Gasteiger partial charge on any atom is -0.454 e. The van der Waals surface area contributed by atoms with E-state index in [1.807, 2.05) is 0 Å². The molecule has 0 saturated heterocycles. The molecular formula is C16H15FN2O5S. The first-order valence-corrected chi connectivity index (χ1v) is 9.10. The Hall–Kier alpha value is -2.81. The summed E-state index contributed by atoms with van der Waals surface area (Å²) in [5.41, 5.74) is 0.505. The maximum atomic E-state index is 13.4. The van der Waals surface area contributed by atoms with Crippen LogP contribution in [-0.4, -0.2) is 33.9 Å². The highest BCUT2D eigenvalue weighted by Crippen LogP contribution is 2.34. The smallest absolute Gasteiger partial charge is 0.245 e. The third-order valence-electron chi connectivity index (χ3n) is 3.44. The van der Waals surface area contributed by atoms with Gasteiger partial charge in [0.2, 0.25) is 22.7 Å². The van der Waals surface area contributed by atoms with Crippen LogP contribution in [0, 0.1) is 5.82 Å². The molecule has 2 aromatic carbocycles. The Morgan fingerprint density at radius 1 is 1.20 bits per heavy atom. The van der Waals surface area contributed by atoms with Crippen molar-refractivity contribution < 1.29 is 27.1 Å². The molecule has 0 atom stereocenters. The first-order chi connectivity index (χ1) is 11.8. The summed E-state index contributed by atoms with van der Waals surface area (Å²) in [6.45, 7) is -0.384. The van der Waals surface area contributed by atoms with Crippen LogP contribution in [0.5, 0.6) is 11.5 Å². The molecule has 0 fully saturated rings. The Morgan fingerprint density at radius 2 is 1.96 bits per heavy atom. The fraction of sp³-hybridized carbons (Fsp3) is 0.188. The number of amides is 1. The lowest BCUT2D eigenvalue weighted by Gasteiger charge is -2.21. The summed E-state index contributed by atoms with van der Waals surface area (Å²) < 4.78 is 48.5. The molecule has 132 valence electrons. The van der Waals surface area contributed by atoms with Gasteiger partial charge in [-0.1, -0.05) is 6.07 Å². The maximum absolute atomic E-state index is 13.4. The summed E-state index contributed by atoms with van der Waals surface area (Å²) >= 11 is 0. The molecule has 0 saturated carbocycles. The van der Waals surface area contributed by atoms with Crippen LogP contribution in [0.1, 0.15) is 0 Å². The van der Waals surface area contributed by atoms with Gasteiger partial charge in [-0.25, -0.2) is 12.8 Å². The number of hydrogen-bond donors (Lipinski definition) is 1. The van der Waals surface area contributed by atoms with E-state index in [1.54, 1.807) is 18.2 Å². The summed E-state index contributed by atoms with van der Waals surface area (Å²) in [7, 11) is -3.77. The molecule has 0 aliphatic carbocycles. The molecule has 1 heterocycles. The molecule has 0 unspecified atom stereocenters. The lowest BCUT2D eigenvalue weighted by molar-refractivity contribution is -0.114. The van der Waals surface area contributed by atoms with Gasteiger partial charge >= 0.3 is 0 Å². The van der Waals surface area contributed by atoms with Crippen LogP contribution < -0.4 is 19.1 Å². The monoisotopic (exact) mass is 366 g/mol. The topological polar surface area (TPSA) is 84.9 Å². The molecule has 2 aromatic rings. The Kier molecular flexibility index (Phi) is 4.49. The van der Waals surface area contributed by atoms with Gasteiger partial charge < -0.3 is 14.8 Å². The van der Waals surface area contributed by atoms with Crippen molar-refractivity contribution in [3.8, 4) is 11.5 Å². The van der Waals surface area contributed by atoms with Crippen molar-refractivity contribution in [1.82, 2.24) is 0 Å². The summed E-state index contributed by atoms with van der Waals surface area (Å²) in [5, 5.41) is 2.58. The molecule has 0 radical (unpaired) electrons. The number of halogens is 1. The van der Waals surface area contributed by atoms with Gasteiger partial charge in [0.1, 0.15) is 12.4 Å². The second kappa shape index (κ2) is 6.60. The number of rotatable bonds is 5. The molecule has 0 aromatic heterocycles. The molecule has 9 heteroatoms. The highest BCUT2D eigenvalue weighted by atomic mass is 32.2. The average molecular weight is 366 g/mol. The zero-order chi connectivity index (χ0) is 18.0. The van der Waals surface area contributed by atoms with E-state index in [0.717, 1.165) is 16.6 Å². The number of nitrogens with zero attached hydrogens (tertiary/aromatic N) is 1. The Morgan fingerprint density at radius 3 is 2.68 bits per heavy atom. The van der Waals surface area contributed by atoms with Gasteiger partial charge in [0.25, 0.3) is 0 Å². The molecule has 0 spiro atoms. The Bertz CT molecular complexity index is 916. The fourth-order valence-electron chi connectivity index (χ4n) is 2.34. The second-order valence-corrected chi connectivity index (χ2v) is 7.27. The van der Waals surface area contributed by atoms with E-state index in [4.69, 9.17) is 9.47 Å². The van der Waals surface area contributed by atoms with Crippen LogP contribution in [0.15, 0.2) is 42.5 Å². The number of sulfonamides is 1. The van der Waals surface area contributed by atoms with E-state index in [1.165, 1.54) is 18.2 Å². The van der Waals surface area contributed by atoms with Gasteiger partial charge in [0.05, 0.1) is 11.9 Å². The van der Waals surface area contributed by atoms with Crippen molar-refractivity contribution >= 4 is 27.3 Å². The summed E-state index contributed by atoms with van der Waals surface area (Å²) in [6, 6.07) is 9.85. The van der Waals surface area contributed by atoms with Crippen molar-refractivity contribution in [2.24, 2.45) is 0 Å². The van der Waals surface area contributed by atoms with Crippen LogP contribution in [0.25, 0.3) is 0 Å². The predicted molar refractivity (Wildman–Crippen MR) is 89.8 cm³/mol. The summed E-state index contributed by atoms with van der Waals surface area (Å²) in [6.07, 6.45) is 0.950. The summed E-state index contributed by atoms with van der Waals surface area (Å²) in [4.78, 5) is 12.2. The van der Waals surface area contributed by atoms with Crippen LogP contribution >= 0.6 is 0 Å². The predicted octanol–water partition coefficient (Wildman–Crippen LogP) is 1.96. The van der Waals surface area contributed by atoms with Gasteiger partial charge in [0.15, 0.2) is 11.5 Å². The van der Waals surface area contributed by atoms with Gasteiger partial charge in [0, 0.05) is 11.8 Å². The number of nitrogens with one attached hydrogen (secondary N) is 1. The van der Waals surface area contributed by atoms with E-state index in [2.05, 4.69) is 5.32 Å². The Labute approximate surface area is 144 Å². The second-order valence-electron chi connectivity index (χ2n) is 5.37. The van der Waals surface area contributed by atoms with Crippen molar-refractivity contribution in [2.75, 3.05) is 29.2 Å². The Balaban J connectivity index is 1.77. The molecule has 1 aliphatic heterocycles. The van der Waals surface area contributed by atoms with Crippen LogP contribution in [0.3, 0.4) is 0 Å². The van der Waals surface area contributed by atoms with Crippen LogP contribution in [0.2, 0.25) is 0 Å². The van der Waals surface area contributed by atoms with Gasteiger partial charge in [-0.15, -0.1) is 0 Å². The summed E-state index contributed by atoms with van der Waals surface area (Å²) in [5.74, 6) is -0.116. The molecule has 0 bridgehead atoms. The average Bonchev–Trinajstić information content (AvgIpc) is 2.99. The highest BCUT2D eigenvalue weighted by molar-refractivity contribution is 7.92. The quantitative estimate of drug-likeness (QED) is 0.874. The fourth-order valence-corrected chi connectivity index (χ4v) is 3.18. The lowest BCUT2D eigenvalue weighted by atomic mass is 10.2. The first kappa shape index (κ1) is 17.0. The van der Waals surface area contributed by atoms with E-state index in [-0.39, 0.29) is 12.5 Å². The molecule has 25 heavy (non-hydrogen) atoms. The normalized spacial score (nSPS) is 12.7. The zero-order valence-electron chi connectivity index (χ0n) is 13.2. The van der Waals surface area contributed by atoms with Gasteiger partial charge in [-0.3, -0.25) is 9.10 Å². The minimum atomic E-state index is -3.77. The molecule has 1 amide bonds. The number of benzene rings is 2. The number of fused-ring (bicyclic) bond motifs is 1. The van der Waals surface area contributed by atoms with Crippen molar-refractivity contribution in [1.29, 1.82) is 0 Å². The largest absolute Gasteiger partial charge is 0.454 e. The molecule has 7 nitrogen and oxygen atoms in total. The van der Waals surface area contributed by atoms with Crippen LogP contribution in [-0.2, 0) is 14.8 Å². The number of carbonyl (C=O) groups excluding carboxylic acids is 1. The maximum Gasteiger partial charge on any atom is 0.245 e. The minimum absolute atomic E-state index is 0.0725. The van der Waals surface area contributed by atoms with E-state index in [9.17, 15) is 17.6 Å². The number of ether oxygens (including phenoxy) is 2. The van der Waals surface area contributed by atoms with Crippen molar-refractivity contribution in [3.05, 3.63) is 48.3 Å². The third-order valence-corrected chi connectivity index (χ3v) is 4.58. The highest BCUT2D eigenvalue weighted by Gasteiger charge is 2.22. The van der Waals surface area contributed by atoms with E-state index < -0.39 is 28.3 Å². The lowest BCUT2D eigenvalue weighted by Crippen LogP contribution is -2.37. The molecule has 1 N–H and O–H groups in total. The SMILES string of the molecule is CS(=O)(=O)N(CC(=O)Nc1ccc2c(c1)OCO2)c1cccc(F)c1. The van der Waals surface area contributed by atoms with E-state index >= 15 is 0 Å². The van der Waals surface area contributed by atoms with Crippen LogP contribution in [0.4, 0.5) is 15.8 Å². The first-order valence-electron chi connectivity index (χ1n) is 7.26. The number of carbonyl (C=O) groups is 1.